The monoisotopic (exact) mass is 368 g/mol. The summed E-state index contributed by atoms with van der Waals surface area (Å²) in [5.74, 6) is 0.831. The number of rotatable bonds is 6. The highest BCUT2D eigenvalue weighted by molar-refractivity contribution is 5.95. The fourth-order valence-corrected chi connectivity index (χ4v) is 3.31. The molecule has 8 nitrogen and oxygen atoms in total. The van der Waals surface area contributed by atoms with E-state index < -0.39 is 0 Å². The second-order valence-corrected chi connectivity index (χ2v) is 6.44. The lowest BCUT2D eigenvalue weighted by Crippen LogP contribution is -2.45. The molecule has 27 heavy (non-hydrogen) atoms. The van der Waals surface area contributed by atoms with E-state index in [1.807, 2.05) is 42.2 Å². The molecule has 1 fully saturated rings. The molecule has 142 valence electrons. The number of anilines is 4. The number of hydrogen-bond acceptors (Lipinski definition) is 6. The summed E-state index contributed by atoms with van der Waals surface area (Å²) < 4.78 is 0. The van der Waals surface area contributed by atoms with E-state index >= 15 is 0 Å². The fourth-order valence-electron chi connectivity index (χ4n) is 3.31. The highest BCUT2D eigenvalue weighted by Gasteiger charge is 2.25. The number of piperidine rings is 1. The van der Waals surface area contributed by atoms with Crippen LogP contribution < -0.4 is 16.0 Å². The van der Waals surface area contributed by atoms with Crippen LogP contribution >= 0.6 is 0 Å². The first-order chi connectivity index (χ1) is 13.1. The SMILES string of the molecule is CCC(=O)N1CCC[C@@H](Nc2ncnc(N)c2N(C=O)c2ccccc2)C1. The van der Waals surface area contributed by atoms with Crippen LogP contribution in [0.2, 0.25) is 0 Å². The van der Waals surface area contributed by atoms with Crippen LogP contribution in [0.25, 0.3) is 0 Å². The summed E-state index contributed by atoms with van der Waals surface area (Å²) in [5.41, 5.74) is 7.17. The summed E-state index contributed by atoms with van der Waals surface area (Å²) in [7, 11) is 0. The van der Waals surface area contributed by atoms with Gasteiger partial charge < -0.3 is 16.0 Å². The first kappa shape index (κ1) is 18.6. The molecule has 0 saturated carbocycles. The first-order valence-electron chi connectivity index (χ1n) is 9.08. The van der Waals surface area contributed by atoms with Crippen molar-refractivity contribution in [3.63, 3.8) is 0 Å². The van der Waals surface area contributed by atoms with Crippen molar-refractivity contribution in [1.82, 2.24) is 14.9 Å². The van der Waals surface area contributed by atoms with E-state index in [-0.39, 0.29) is 17.8 Å². The number of nitrogens with two attached hydrogens (primary N) is 1. The van der Waals surface area contributed by atoms with Crippen molar-refractivity contribution in [2.24, 2.45) is 0 Å². The van der Waals surface area contributed by atoms with Crippen LogP contribution in [0, 0.1) is 0 Å². The lowest BCUT2D eigenvalue weighted by Gasteiger charge is -2.34. The number of aromatic nitrogens is 2. The van der Waals surface area contributed by atoms with E-state index in [9.17, 15) is 9.59 Å². The number of carbonyl (C=O) groups is 2. The molecule has 1 aromatic heterocycles. The van der Waals surface area contributed by atoms with Crippen LogP contribution in [-0.2, 0) is 9.59 Å². The Morgan fingerprint density at radius 2 is 2.15 bits per heavy atom. The van der Waals surface area contributed by atoms with Crippen molar-refractivity contribution in [3.8, 4) is 0 Å². The lowest BCUT2D eigenvalue weighted by molar-refractivity contribution is -0.131. The molecule has 1 saturated heterocycles. The Bertz CT molecular complexity index is 798. The van der Waals surface area contributed by atoms with Crippen LogP contribution in [-0.4, -0.2) is 46.3 Å². The summed E-state index contributed by atoms with van der Waals surface area (Å²) in [6.45, 7) is 3.24. The highest BCUT2D eigenvalue weighted by atomic mass is 16.2. The fraction of sp³-hybridized carbons (Fsp3) is 0.368. The maximum Gasteiger partial charge on any atom is 0.222 e. The Labute approximate surface area is 158 Å². The molecule has 2 aromatic rings. The van der Waals surface area contributed by atoms with Gasteiger partial charge in [-0.15, -0.1) is 0 Å². The van der Waals surface area contributed by atoms with Crippen LogP contribution in [0.5, 0.6) is 0 Å². The van der Waals surface area contributed by atoms with Crippen LogP contribution in [0.3, 0.4) is 0 Å². The van der Waals surface area contributed by atoms with Crippen molar-refractivity contribution in [2.45, 2.75) is 32.2 Å². The van der Waals surface area contributed by atoms with E-state index in [4.69, 9.17) is 5.73 Å². The van der Waals surface area contributed by atoms with Gasteiger partial charge in [-0.2, -0.15) is 0 Å². The molecule has 1 aromatic carbocycles. The predicted octanol–water partition coefficient (Wildman–Crippen LogP) is 2.17. The van der Waals surface area contributed by atoms with Gasteiger partial charge in [-0.1, -0.05) is 25.1 Å². The van der Waals surface area contributed by atoms with Gasteiger partial charge in [-0.25, -0.2) is 9.97 Å². The number of likely N-dealkylation sites (tertiary alicyclic amines) is 1. The maximum atomic E-state index is 12.0. The third-order valence-electron chi connectivity index (χ3n) is 4.65. The molecule has 0 radical (unpaired) electrons. The molecular formula is C19H24N6O2. The zero-order valence-corrected chi connectivity index (χ0v) is 15.3. The normalized spacial score (nSPS) is 16.6. The largest absolute Gasteiger partial charge is 0.382 e. The zero-order valence-electron chi connectivity index (χ0n) is 15.3. The molecule has 0 aliphatic carbocycles. The van der Waals surface area contributed by atoms with Crippen molar-refractivity contribution in [3.05, 3.63) is 36.7 Å². The van der Waals surface area contributed by atoms with Crippen LogP contribution in [0.4, 0.5) is 23.0 Å². The van der Waals surface area contributed by atoms with Gasteiger partial charge in [0.25, 0.3) is 0 Å². The van der Waals surface area contributed by atoms with Gasteiger partial charge in [0.1, 0.15) is 12.0 Å². The molecule has 0 unspecified atom stereocenters. The molecule has 8 heteroatoms. The Morgan fingerprint density at radius 1 is 1.37 bits per heavy atom. The van der Waals surface area contributed by atoms with Gasteiger partial charge in [0, 0.05) is 31.2 Å². The molecule has 0 bridgehead atoms. The molecule has 2 amide bonds. The second kappa shape index (κ2) is 8.48. The minimum absolute atomic E-state index is 0.0339. The number of para-hydroxylation sites is 1. The van der Waals surface area contributed by atoms with Crippen molar-refractivity contribution in [1.29, 1.82) is 0 Å². The molecule has 0 spiro atoms. The lowest BCUT2D eigenvalue weighted by atomic mass is 10.1. The number of nitrogen functional groups attached to an aromatic ring is 1. The summed E-state index contributed by atoms with van der Waals surface area (Å²) in [6.07, 6.45) is 4.38. The molecular weight excluding hydrogens is 344 g/mol. The number of amides is 2. The van der Waals surface area contributed by atoms with Crippen molar-refractivity contribution >= 4 is 35.3 Å². The summed E-state index contributed by atoms with van der Waals surface area (Å²) >= 11 is 0. The van der Waals surface area contributed by atoms with E-state index in [0.29, 0.717) is 36.6 Å². The molecule has 2 heterocycles. The number of hydrogen-bond donors (Lipinski definition) is 2. The van der Waals surface area contributed by atoms with Crippen LogP contribution in [0.15, 0.2) is 36.7 Å². The Balaban J connectivity index is 1.87. The quantitative estimate of drug-likeness (QED) is 0.757. The van der Waals surface area contributed by atoms with E-state index in [1.165, 1.54) is 11.2 Å². The van der Waals surface area contributed by atoms with E-state index in [2.05, 4.69) is 15.3 Å². The van der Waals surface area contributed by atoms with Crippen molar-refractivity contribution in [2.75, 3.05) is 29.0 Å². The highest BCUT2D eigenvalue weighted by Crippen LogP contribution is 2.34. The number of carbonyl (C=O) groups excluding carboxylic acids is 2. The summed E-state index contributed by atoms with van der Waals surface area (Å²) in [5, 5.41) is 3.36. The maximum absolute atomic E-state index is 12.0. The van der Waals surface area contributed by atoms with E-state index in [0.717, 1.165) is 19.4 Å². The third-order valence-corrected chi connectivity index (χ3v) is 4.65. The van der Waals surface area contributed by atoms with Gasteiger partial charge >= 0.3 is 0 Å². The van der Waals surface area contributed by atoms with Gasteiger partial charge in [0.2, 0.25) is 12.3 Å². The minimum atomic E-state index is 0.0339. The number of nitrogens with one attached hydrogen (secondary N) is 1. The summed E-state index contributed by atoms with van der Waals surface area (Å²) in [6, 6.07) is 9.21. The molecule has 3 N–H and O–H groups in total. The first-order valence-corrected chi connectivity index (χ1v) is 9.08. The van der Waals surface area contributed by atoms with E-state index in [1.54, 1.807) is 0 Å². The number of benzene rings is 1. The Hall–Kier alpha value is -3.16. The van der Waals surface area contributed by atoms with Gasteiger partial charge in [-0.3, -0.25) is 14.5 Å². The minimum Gasteiger partial charge on any atom is -0.382 e. The average molecular weight is 368 g/mol. The molecule has 1 aliphatic rings. The van der Waals surface area contributed by atoms with Gasteiger partial charge in [-0.05, 0) is 25.0 Å². The molecule has 3 rings (SSSR count). The van der Waals surface area contributed by atoms with Gasteiger partial charge in [0.15, 0.2) is 11.6 Å². The topological polar surface area (TPSA) is 104 Å². The van der Waals surface area contributed by atoms with Gasteiger partial charge in [0.05, 0.1) is 0 Å². The second-order valence-electron chi connectivity index (χ2n) is 6.44. The third kappa shape index (κ3) is 4.16. The smallest absolute Gasteiger partial charge is 0.222 e. The average Bonchev–Trinajstić information content (AvgIpc) is 2.71. The van der Waals surface area contributed by atoms with Crippen molar-refractivity contribution < 1.29 is 9.59 Å². The zero-order chi connectivity index (χ0) is 19.2. The summed E-state index contributed by atoms with van der Waals surface area (Å²) in [4.78, 5) is 35.5. The Kier molecular flexibility index (Phi) is 5.85. The Morgan fingerprint density at radius 3 is 2.85 bits per heavy atom. The standard InChI is InChI=1S/C19H24N6O2/c1-2-16(27)24-10-6-7-14(11-24)23-19-17(18(20)21-12-22-19)25(13-26)15-8-4-3-5-9-15/h3-5,8-9,12-14H,2,6-7,10-11H2,1H3,(H3,20,21,22,23)/t14-/m1/s1. The molecule has 1 atom stereocenters. The molecule has 1 aliphatic heterocycles. The predicted molar refractivity (Wildman–Crippen MR) is 105 cm³/mol. The number of nitrogens with zero attached hydrogens (tertiary/aromatic N) is 4. The van der Waals surface area contributed by atoms with Crippen LogP contribution in [0.1, 0.15) is 26.2 Å².